The number of ether oxygens (including phenoxy) is 3. The number of fused-ring (bicyclic) bond motifs is 1. The van der Waals surface area contributed by atoms with Crippen molar-refractivity contribution in [1.29, 1.82) is 0 Å². The zero-order valence-corrected chi connectivity index (χ0v) is 25.4. The number of likely N-dealkylation sites (N-methyl/N-ethyl adjacent to an activating group) is 1. The van der Waals surface area contributed by atoms with Crippen molar-refractivity contribution in [1.82, 2.24) is 9.88 Å². The Balaban J connectivity index is 1.31. The van der Waals surface area contributed by atoms with Crippen LogP contribution in [0.2, 0.25) is 0 Å². The molecule has 224 valence electrons. The van der Waals surface area contributed by atoms with Crippen LogP contribution in [0.25, 0.3) is 0 Å². The van der Waals surface area contributed by atoms with Crippen LogP contribution in [0.15, 0.2) is 23.3 Å². The van der Waals surface area contributed by atoms with Crippen LogP contribution in [0.1, 0.15) is 86.6 Å². The SMILES string of the molecule is CCc1[nH]c(C)c(C(=O)O[C@@H](C)C2=CC[C@@]34OCCN(C)C[C@@]23C[C@@H](O)[C@]23O[C@]5(O)CC[C@@]2(C)[C@H](CC=C43)C5)c1C. The fourth-order valence-corrected chi connectivity index (χ4v) is 10.4. The lowest BCUT2D eigenvalue weighted by Crippen LogP contribution is -2.79. The van der Waals surface area contributed by atoms with Gasteiger partial charge in [-0.3, -0.25) is 0 Å². The summed E-state index contributed by atoms with van der Waals surface area (Å²) < 4.78 is 20.0. The number of carbonyl (C=O) groups excluding carboxylic acids is 1. The van der Waals surface area contributed by atoms with E-state index >= 15 is 0 Å². The number of aryl methyl sites for hydroxylation is 2. The monoisotopic (exact) mass is 566 g/mol. The first-order chi connectivity index (χ1) is 19.4. The standard InChI is InChI=1S/C33H46N2O6/c1-7-24-19(2)27(20(3)34-24)28(37)40-21(4)23-10-11-32-25-9-8-22-16-31(38)13-12-29(22,5)33(25,41-31)26(36)17-30(23,32)18-35(6)14-15-39-32/h9-10,21-22,26,34,36,38H,7-8,11-18H2,1-6H3/t21-,22+,26+,29-,30-,31+,32-,33-/m0/s1. The van der Waals surface area contributed by atoms with E-state index < -0.39 is 34.6 Å². The zero-order valence-electron chi connectivity index (χ0n) is 25.4. The zero-order chi connectivity index (χ0) is 29.2. The highest BCUT2D eigenvalue weighted by Gasteiger charge is 2.79. The molecule has 0 unspecified atom stereocenters. The van der Waals surface area contributed by atoms with Crippen molar-refractivity contribution in [2.45, 2.75) is 109 Å². The minimum atomic E-state index is -1.22. The lowest BCUT2D eigenvalue weighted by atomic mass is 9.41. The number of esters is 1. The van der Waals surface area contributed by atoms with Gasteiger partial charge in [0.15, 0.2) is 5.79 Å². The second-order valence-electron chi connectivity index (χ2n) is 14.2. The van der Waals surface area contributed by atoms with E-state index in [1.807, 2.05) is 20.8 Å². The number of nitrogens with zero attached hydrogens (tertiary/aromatic N) is 1. The smallest absolute Gasteiger partial charge is 0.340 e. The molecule has 0 aromatic carbocycles. The van der Waals surface area contributed by atoms with Crippen LogP contribution in [0.3, 0.4) is 0 Å². The van der Waals surface area contributed by atoms with Gasteiger partial charge in [0.1, 0.15) is 17.3 Å². The molecule has 8 heteroatoms. The molecule has 0 radical (unpaired) electrons. The van der Waals surface area contributed by atoms with Gasteiger partial charge in [-0.25, -0.2) is 4.79 Å². The summed E-state index contributed by atoms with van der Waals surface area (Å²) in [5.41, 5.74) is 2.85. The molecule has 1 aromatic heterocycles. The van der Waals surface area contributed by atoms with Crippen LogP contribution >= 0.6 is 0 Å². The molecule has 3 aliphatic heterocycles. The van der Waals surface area contributed by atoms with Crippen LogP contribution in [-0.4, -0.2) is 82.0 Å². The number of aliphatic hydroxyl groups excluding tert-OH is 1. The lowest BCUT2D eigenvalue weighted by molar-refractivity contribution is -0.401. The van der Waals surface area contributed by atoms with Crippen LogP contribution < -0.4 is 0 Å². The van der Waals surface area contributed by atoms with Crippen molar-refractivity contribution in [3.05, 3.63) is 45.8 Å². The van der Waals surface area contributed by atoms with Crippen molar-refractivity contribution in [2.75, 3.05) is 26.7 Å². The van der Waals surface area contributed by atoms with Crippen molar-refractivity contribution in [3.8, 4) is 0 Å². The van der Waals surface area contributed by atoms with Gasteiger partial charge in [0.05, 0.1) is 18.3 Å². The molecule has 8 atom stereocenters. The summed E-state index contributed by atoms with van der Waals surface area (Å²) in [6.07, 6.45) is 7.89. The third kappa shape index (κ3) is 3.32. The highest BCUT2D eigenvalue weighted by Crippen LogP contribution is 2.74. The molecule has 7 aliphatic rings. The molecule has 41 heavy (non-hydrogen) atoms. The number of rotatable bonds is 4. The Bertz CT molecular complexity index is 1370. The van der Waals surface area contributed by atoms with Crippen LogP contribution in [0.4, 0.5) is 0 Å². The summed E-state index contributed by atoms with van der Waals surface area (Å²) in [5.74, 6) is -1.29. The topological polar surface area (TPSA) is 104 Å². The van der Waals surface area contributed by atoms with E-state index in [0.29, 0.717) is 44.4 Å². The van der Waals surface area contributed by atoms with Crippen molar-refractivity contribution < 1.29 is 29.2 Å². The number of carbonyl (C=O) groups is 1. The Kier molecular flexibility index (Phi) is 5.97. The predicted octanol–water partition coefficient (Wildman–Crippen LogP) is 4.12. The third-order valence-corrected chi connectivity index (χ3v) is 12.3. The van der Waals surface area contributed by atoms with Gasteiger partial charge < -0.3 is 34.3 Å². The van der Waals surface area contributed by atoms with Crippen LogP contribution in [-0.2, 0) is 20.6 Å². The summed E-state index contributed by atoms with van der Waals surface area (Å²) in [7, 11) is 2.10. The van der Waals surface area contributed by atoms with Gasteiger partial charge in [0.25, 0.3) is 0 Å². The first-order valence-corrected chi connectivity index (χ1v) is 15.6. The normalized spacial score (nSPS) is 43.8. The Labute approximate surface area is 243 Å². The molecule has 4 heterocycles. The van der Waals surface area contributed by atoms with E-state index in [0.717, 1.165) is 53.9 Å². The Morgan fingerprint density at radius 3 is 2.78 bits per heavy atom. The van der Waals surface area contributed by atoms with Crippen molar-refractivity contribution >= 4 is 5.97 Å². The average molecular weight is 567 g/mol. The predicted molar refractivity (Wildman–Crippen MR) is 153 cm³/mol. The maximum Gasteiger partial charge on any atom is 0.340 e. The van der Waals surface area contributed by atoms with E-state index in [2.05, 4.69) is 42.9 Å². The summed E-state index contributed by atoms with van der Waals surface area (Å²) in [6, 6.07) is 0. The number of H-pyrrole nitrogens is 1. The number of aliphatic hydroxyl groups is 2. The molecule has 8 nitrogen and oxygen atoms in total. The fourth-order valence-electron chi connectivity index (χ4n) is 10.4. The number of aromatic amines is 1. The molecule has 1 aromatic rings. The van der Waals surface area contributed by atoms with Crippen molar-refractivity contribution in [3.63, 3.8) is 0 Å². The molecule has 8 rings (SSSR count). The number of nitrogens with one attached hydrogen (secondary N) is 1. The highest BCUT2D eigenvalue weighted by molar-refractivity contribution is 5.93. The van der Waals surface area contributed by atoms with Crippen LogP contribution in [0.5, 0.6) is 0 Å². The summed E-state index contributed by atoms with van der Waals surface area (Å²) >= 11 is 0. The Morgan fingerprint density at radius 1 is 1.27 bits per heavy atom. The molecular formula is C33H46N2O6. The van der Waals surface area contributed by atoms with Crippen molar-refractivity contribution in [2.24, 2.45) is 16.7 Å². The lowest BCUT2D eigenvalue weighted by Gasteiger charge is -2.73. The average Bonchev–Trinajstić information content (AvgIpc) is 3.31. The molecule has 0 amide bonds. The van der Waals surface area contributed by atoms with Gasteiger partial charge in [-0.05, 0) is 82.6 Å². The molecule has 4 aliphatic carbocycles. The number of hydrogen-bond acceptors (Lipinski definition) is 7. The van der Waals surface area contributed by atoms with E-state index in [1.54, 1.807) is 0 Å². The number of aromatic nitrogens is 1. The van der Waals surface area contributed by atoms with Gasteiger partial charge in [0, 0.05) is 48.1 Å². The van der Waals surface area contributed by atoms with Gasteiger partial charge in [-0.15, -0.1) is 0 Å². The first-order valence-electron chi connectivity index (χ1n) is 15.6. The molecule has 4 bridgehead atoms. The minimum absolute atomic E-state index is 0.250. The number of hydrogen-bond donors (Lipinski definition) is 3. The fraction of sp³-hybridized carbons (Fsp3) is 0.727. The largest absolute Gasteiger partial charge is 0.454 e. The quantitative estimate of drug-likeness (QED) is 0.372. The van der Waals surface area contributed by atoms with Gasteiger partial charge in [-0.1, -0.05) is 26.0 Å². The van der Waals surface area contributed by atoms with Gasteiger partial charge >= 0.3 is 5.97 Å². The molecule has 3 saturated heterocycles. The molecule has 3 N–H and O–H groups in total. The first kappa shape index (κ1) is 27.8. The highest BCUT2D eigenvalue weighted by atomic mass is 16.7. The number of allylic oxidation sites excluding steroid dienone is 1. The van der Waals surface area contributed by atoms with E-state index in [1.165, 1.54) is 0 Å². The van der Waals surface area contributed by atoms with Gasteiger partial charge in [-0.2, -0.15) is 0 Å². The molecular weight excluding hydrogens is 520 g/mol. The molecule has 1 spiro atoms. The summed E-state index contributed by atoms with van der Waals surface area (Å²) in [5, 5.41) is 23.9. The van der Waals surface area contributed by atoms with E-state index in [-0.39, 0.29) is 17.3 Å². The molecule has 5 fully saturated rings. The Hall–Kier alpha value is -1.97. The van der Waals surface area contributed by atoms with E-state index in [4.69, 9.17) is 14.2 Å². The molecule has 2 saturated carbocycles. The second kappa shape index (κ2) is 8.79. The third-order valence-electron chi connectivity index (χ3n) is 12.3. The van der Waals surface area contributed by atoms with E-state index in [9.17, 15) is 15.0 Å². The minimum Gasteiger partial charge on any atom is -0.454 e. The maximum absolute atomic E-state index is 13.6. The van der Waals surface area contributed by atoms with Gasteiger partial charge in [0.2, 0.25) is 0 Å². The summed E-state index contributed by atoms with van der Waals surface area (Å²) in [6.45, 7) is 12.2. The second-order valence-corrected chi connectivity index (χ2v) is 14.2. The summed E-state index contributed by atoms with van der Waals surface area (Å²) in [4.78, 5) is 19.2. The van der Waals surface area contributed by atoms with Crippen LogP contribution in [0, 0.1) is 30.6 Å². The maximum atomic E-state index is 13.6. The Morgan fingerprint density at radius 2 is 2.05 bits per heavy atom.